The van der Waals surface area contributed by atoms with Gasteiger partial charge < -0.3 is 14.4 Å². The summed E-state index contributed by atoms with van der Waals surface area (Å²) in [4.78, 5) is 15.1. The van der Waals surface area contributed by atoms with Gasteiger partial charge in [0.1, 0.15) is 16.4 Å². The molecule has 0 unspecified atom stereocenters. The van der Waals surface area contributed by atoms with Crippen LogP contribution in [0.25, 0.3) is 0 Å². The van der Waals surface area contributed by atoms with Crippen molar-refractivity contribution < 1.29 is 22.7 Å². The van der Waals surface area contributed by atoms with E-state index in [2.05, 4.69) is 0 Å². The second-order valence-electron chi connectivity index (χ2n) is 9.04. The zero-order valence-electron chi connectivity index (χ0n) is 19.8. The SMILES string of the molecule is COc1ccc(C(=O)N2CCC(COc3ccccc3)CC2)cc1S(=O)(=O)N1CCCCCC1. The summed E-state index contributed by atoms with van der Waals surface area (Å²) < 4.78 is 39.6. The fourth-order valence-electron chi connectivity index (χ4n) is 4.65. The molecule has 7 nitrogen and oxygen atoms in total. The quantitative estimate of drug-likeness (QED) is 0.587. The lowest BCUT2D eigenvalue weighted by Gasteiger charge is -2.32. The molecule has 2 fully saturated rings. The molecule has 1 amide bonds. The molecular weight excluding hydrogens is 452 g/mol. The number of ether oxygens (including phenoxy) is 2. The molecule has 0 bridgehead atoms. The summed E-state index contributed by atoms with van der Waals surface area (Å²) in [6.07, 6.45) is 5.48. The molecular formula is C26H34N2O5S. The zero-order valence-corrected chi connectivity index (χ0v) is 20.6. The standard InChI is InChI=1S/C26H34N2O5S/c1-32-24-12-11-22(19-25(24)34(30,31)28-15-7-2-3-8-16-28)26(29)27-17-13-21(14-18-27)20-33-23-9-5-4-6-10-23/h4-6,9-12,19,21H,2-3,7-8,13-18,20H2,1H3. The van der Waals surface area contributed by atoms with Crippen LogP contribution in [-0.4, -0.2) is 63.4 Å². The van der Waals surface area contributed by atoms with Crippen molar-refractivity contribution in [3.63, 3.8) is 0 Å². The molecule has 184 valence electrons. The van der Waals surface area contributed by atoms with Gasteiger partial charge in [0, 0.05) is 31.7 Å². The van der Waals surface area contributed by atoms with E-state index in [9.17, 15) is 13.2 Å². The highest BCUT2D eigenvalue weighted by Gasteiger charge is 2.30. The molecule has 0 aromatic heterocycles. The second kappa shape index (κ2) is 11.2. The summed E-state index contributed by atoms with van der Waals surface area (Å²) in [5.74, 6) is 1.38. The maximum Gasteiger partial charge on any atom is 0.253 e. The predicted octanol–water partition coefficient (Wildman–Crippen LogP) is 4.19. The Morgan fingerprint density at radius 1 is 0.941 bits per heavy atom. The molecule has 8 heteroatoms. The topological polar surface area (TPSA) is 76.1 Å². The van der Waals surface area contributed by atoms with E-state index < -0.39 is 10.0 Å². The van der Waals surface area contributed by atoms with Crippen molar-refractivity contribution in [2.75, 3.05) is 39.9 Å². The smallest absolute Gasteiger partial charge is 0.253 e. The maximum atomic E-state index is 13.4. The van der Waals surface area contributed by atoms with E-state index >= 15 is 0 Å². The molecule has 0 N–H and O–H groups in total. The summed E-state index contributed by atoms with van der Waals surface area (Å²) in [5, 5.41) is 0. The minimum Gasteiger partial charge on any atom is -0.495 e. The Balaban J connectivity index is 1.42. The van der Waals surface area contributed by atoms with Gasteiger partial charge in [-0.15, -0.1) is 0 Å². The Bertz CT molecular complexity index is 1060. The normalized spacial score (nSPS) is 18.3. The van der Waals surface area contributed by atoms with Crippen molar-refractivity contribution >= 4 is 15.9 Å². The molecule has 2 heterocycles. The van der Waals surface area contributed by atoms with E-state index in [4.69, 9.17) is 9.47 Å². The fourth-order valence-corrected chi connectivity index (χ4v) is 6.35. The molecule has 0 atom stereocenters. The number of likely N-dealkylation sites (tertiary alicyclic amines) is 1. The summed E-state index contributed by atoms with van der Waals surface area (Å²) >= 11 is 0. The monoisotopic (exact) mass is 486 g/mol. The van der Waals surface area contributed by atoms with Gasteiger partial charge in [0.25, 0.3) is 5.91 Å². The number of methoxy groups -OCH3 is 1. The van der Waals surface area contributed by atoms with Crippen LogP contribution in [0.1, 0.15) is 48.9 Å². The minimum absolute atomic E-state index is 0.0777. The molecule has 2 saturated heterocycles. The lowest BCUT2D eigenvalue weighted by atomic mass is 9.97. The Labute approximate surface area is 202 Å². The van der Waals surface area contributed by atoms with E-state index in [-0.39, 0.29) is 16.6 Å². The highest BCUT2D eigenvalue weighted by Crippen LogP contribution is 2.30. The Kier molecular flexibility index (Phi) is 8.11. The molecule has 2 aromatic carbocycles. The van der Waals surface area contributed by atoms with Crippen LogP contribution in [0.5, 0.6) is 11.5 Å². The number of rotatable bonds is 7. The number of hydrogen-bond donors (Lipinski definition) is 0. The highest BCUT2D eigenvalue weighted by molar-refractivity contribution is 7.89. The third kappa shape index (κ3) is 5.73. The zero-order chi connectivity index (χ0) is 24.0. The van der Waals surface area contributed by atoms with Crippen LogP contribution in [-0.2, 0) is 10.0 Å². The average Bonchev–Trinajstić information content (AvgIpc) is 3.18. The molecule has 2 aromatic rings. The average molecular weight is 487 g/mol. The first kappa shape index (κ1) is 24.5. The Hall–Kier alpha value is -2.58. The molecule has 0 saturated carbocycles. The van der Waals surface area contributed by atoms with Crippen LogP contribution < -0.4 is 9.47 Å². The summed E-state index contributed by atoms with van der Waals surface area (Å²) in [6, 6.07) is 14.5. The number of sulfonamides is 1. The number of amides is 1. The fraction of sp³-hybridized carbons (Fsp3) is 0.500. The van der Waals surface area contributed by atoms with Crippen LogP contribution in [0, 0.1) is 5.92 Å². The number of nitrogens with zero attached hydrogens (tertiary/aromatic N) is 2. The van der Waals surface area contributed by atoms with E-state index in [1.54, 1.807) is 12.1 Å². The van der Waals surface area contributed by atoms with Crippen molar-refractivity contribution in [3.8, 4) is 11.5 Å². The van der Waals surface area contributed by atoms with Gasteiger partial charge in [0.05, 0.1) is 13.7 Å². The van der Waals surface area contributed by atoms with Gasteiger partial charge in [-0.2, -0.15) is 4.31 Å². The van der Waals surface area contributed by atoms with Crippen LogP contribution in [0.3, 0.4) is 0 Å². The summed E-state index contributed by atoms with van der Waals surface area (Å²) in [5.41, 5.74) is 0.383. The molecule has 34 heavy (non-hydrogen) atoms. The van der Waals surface area contributed by atoms with Crippen LogP contribution >= 0.6 is 0 Å². The maximum absolute atomic E-state index is 13.4. The number of hydrogen-bond acceptors (Lipinski definition) is 5. The number of carbonyl (C=O) groups is 1. The highest BCUT2D eigenvalue weighted by atomic mass is 32.2. The summed E-state index contributed by atoms with van der Waals surface area (Å²) in [6.45, 7) is 2.89. The van der Waals surface area contributed by atoms with E-state index in [1.165, 1.54) is 17.5 Å². The van der Waals surface area contributed by atoms with Crippen molar-refractivity contribution in [3.05, 3.63) is 54.1 Å². The van der Waals surface area contributed by atoms with E-state index in [0.29, 0.717) is 44.3 Å². The van der Waals surface area contributed by atoms with E-state index in [1.807, 2.05) is 35.2 Å². The number of carbonyl (C=O) groups excluding carboxylic acids is 1. The third-order valence-corrected chi connectivity index (χ3v) is 8.64. The molecule has 2 aliphatic heterocycles. The lowest BCUT2D eigenvalue weighted by molar-refractivity contribution is 0.0660. The minimum atomic E-state index is -3.74. The van der Waals surface area contributed by atoms with Crippen molar-refractivity contribution in [2.24, 2.45) is 5.92 Å². The molecule has 2 aliphatic rings. The van der Waals surface area contributed by atoms with Gasteiger partial charge in [0.2, 0.25) is 10.0 Å². The molecule has 0 spiro atoms. The second-order valence-corrected chi connectivity index (χ2v) is 10.9. The number of piperidine rings is 1. The summed E-state index contributed by atoms with van der Waals surface area (Å²) in [7, 11) is -2.28. The van der Waals surface area contributed by atoms with Gasteiger partial charge in [-0.25, -0.2) is 8.42 Å². The van der Waals surface area contributed by atoms with Gasteiger partial charge in [-0.3, -0.25) is 4.79 Å². The third-order valence-electron chi connectivity index (χ3n) is 6.72. The number of para-hydroxylation sites is 1. The molecule has 0 aliphatic carbocycles. The predicted molar refractivity (Wildman–Crippen MR) is 131 cm³/mol. The van der Waals surface area contributed by atoms with Gasteiger partial charge >= 0.3 is 0 Å². The molecule has 4 rings (SSSR count). The van der Waals surface area contributed by atoms with Crippen LogP contribution in [0.2, 0.25) is 0 Å². The van der Waals surface area contributed by atoms with Crippen LogP contribution in [0.15, 0.2) is 53.4 Å². The first-order chi connectivity index (χ1) is 16.5. The Morgan fingerprint density at radius 2 is 1.62 bits per heavy atom. The van der Waals surface area contributed by atoms with Gasteiger partial charge in [0.15, 0.2) is 0 Å². The van der Waals surface area contributed by atoms with Crippen LogP contribution in [0.4, 0.5) is 0 Å². The number of benzene rings is 2. The van der Waals surface area contributed by atoms with Gasteiger partial charge in [-0.1, -0.05) is 31.0 Å². The first-order valence-electron chi connectivity index (χ1n) is 12.1. The lowest BCUT2D eigenvalue weighted by Crippen LogP contribution is -2.39. The van der Waals surface area contributed by atoms with Gasteiger partial charge in [-0.05, 0) is 61.9 Å². The Morgan fingerprint density at radius 3 is 2.26 bits per heavy atom. The van der Waals surface area contributed by atoms with Crippen molar-refractivity contribution in [1.82, 2.24) is 9.21 Å². The molecule has 0 radical (unpaired) electrons. The van der Waals surface area contributed by atoms with Crippen molar-refractivity contribution in [1.29, 1.82) is 0 Å². The van der Waals surface area contributed by atoms with E-state index in [0.717, 1.165) is 44.3 Å². The first-order valence-corrected chi connectivity index (χ1v) is 13.6. The van der Waals surface area contributed by atoms with Crippen molar-refractivity contribution in [2.45, 2.75) is 43.4 Å². The largest absolute Gasteiger partial charge is 0.495 e.